The molecule has 4 heteroatoms. The van der Waals surface area contributed by atoms with E-state index >= 15 is 0 Å². The molecule has 0 saturated carbocycles. The third-order valence-corrected chi connectivity index (χ3v) is 0. The van der Waals surface area contributed by atoms with Gasteiger partial charge in [-0.05, 0) is 19.7 Å². The summed E-state index contributed by atoms with van der Waals surface area (Å²) in [5.74, 6) is 0. The number of halogens is 2. The third kappa shape index (κ3) is 23.3. The smallest absolute Gasteiger partial charge is 0.00711 e. The summed E-state index contributed by atoms with van der Waals surface area (Å²) in [7, 11) is 1.50. The Kier molecular flexibility index (Phi) is 113. The third-order valence-electron chi connectivity index (χ3n) is 0. The Balaban J connectivity index is -0.0000000133. The van der Waals surface area contributed by atoms with Crippen molar-refractivity contribution < 1.29 is 0 Å². The Morgan fingerprint density at radius 3 is 1.40 bits per heavy atom. The van der Waals surface area contributed by atoms with Crippen LogP contribution in [-0.2, 0) is 0 Å². The average molecular weight is 445 g/mol. The summed E-state index contributed by atoms with van der Waals surface area (Å²) in [4.78, 5) is 0. The molecule has 0 aromatic rings. The van der Waals surface area contributed by atoms with Crippen molar-refractivity contribution in [1.29, 1.82) is 0 Å². The van der Waals surface area contributed by atoms with Crippen LogP contribution in [0.5, 0.6) is 0 Å². The van der Waals surface area contributed by atoms with Gasteiger partial charge in [0, 0.05) is 47.7 Å². The molecule has 0 heterocycles. The second kappa shape index (κ2) is 36.1. The molecule has 0 aromatic heterocycles. The Hall–Kier alpha value is 2.09. The summed E-state index contributed by atoms with van der Waals surface area (Å²) in [6, 6.07) is 0. The fourth-order valence-electron chi connectivity index (χ4n) is 0. The van der Waals surface area contributed by atoms with E-state index in [-0.39, 0.29) is 27.3 Å². The molecule has 0 aromatic carbocycles. The first-order valence-corrected chi connectivity index (χ1v) is 5.56. The monoisotopic (exact) mass is 445 g/mol. The summed E-state index contributed by atoms with van der Waals surface area (Å²) < 4.78 is 0. The van der Waals surface area contributed by atoms with Gasteiger partial charge >= 0.3 is 0 Å². The molecule has 0 saturated heterocycles. The Bertz CT molecular complexity index is 11.6. The van der Waals surface area contributed by atoms with Crippen molar-refractivity contribution in [3.05, 3.63) is 0 Å². The van der Waals surface area contributed by atoms with Crippen LogP contribution in [0.15, 0.2) is 0 Å². The predicted octanol–water partition coefficient (Wildman–Crippen LogP) is 0.925. The molecule has 0 aliphatic rings. The number of rotatable bonds is 0. The van der Waals surface area contributed by atoms with Gasteiger partial charge in [0.2, 0.25) is 0 Å². The molecule has 0 spiro atoms. The minimum atomic E-state index is 0. The Morgan fingerprint density at radius 2 is 1.40 bits per heavy atom. The normalized spacial score (nSPS) is 2.40. The predicted molar refractivity (Wildman–Crippen MR) is 38.8 cm³/mol. The summed E-state index contributed by atoms with van der Waals surface area (Å²) in [5, 5.41) is 0. The van der Waals surface area contributed by atoms with Crippen LogP contribution in [0, 0.1) is 0 Å². The van der Waals surface area contributed by atoms with Gasteiger partial charge in [-0.15, -0.1) is 0 Å². The van der Waals surface area contributed by atoms with Crippen LogP contribution in [0.25, 0.3) is 0 Å². The SMILES string of the molecule is BrI.CN.[Pb]. The maximum atomic E-state index is 4.50. The molecule has 0 amide bonds. The first-order chi connectivity index (χ1) is 2.00. The molecule has 1 nitrogen and oxygen atoms in total. The largest absolute Gasteiger partial charge is 0.333 e. The van der Waals surface area contributed by atoms with Crippen LogP contribution in [0.1, 0.15) is 0 Å². The molecule has 0 aliphatic heterocycles. The van der Waals surface area contributed by atoms with Crippen LogP contribution in [0.2, 0.25) is 0 Å². The van der Waals surface area contributed by atoms with Crippen LogP contribution in [0.3, 0.4) is 0 Å². The molecule has 0 bridgehead atoms. The molecule has 32 valence electrons. The van der Waals surface area contributed by atoms with Gasteiger partial charge in [-0.2, -0.15) is 0 Å². The van der Waals surface area contributed by atoms with Gasteiger partial charge in [0.15, 0.2) is 0 Å². The van der Waals surface area contributed by atoms with Gasteiger partial charge in [-0.1, -0.05) is 0 Å². The zero-order chi connectivity index (χ0) is 4.00. The van der Waals surface area contributed by atoms with E-state index in [4.69, 9.17) is 0 Å². The first-order valence-electron chi connectivity index (χ1n) is 0.720. The summed E-state index contributed by atoms with van der Waals surface area (Å²) in [6.07, 6.45) is 0. The van der Waals surface area contributed by atoms with Crippen LogP contribution < -0.4 is 5.73 Å². The van der Waals surface area contributed by atoms with Crippen LogP contribution in [-0.4, -0.2) is 34.3 Å². The zero-order valence-electron chi connectivity index (χ0n) is 2.83. The van der Waals surface area contributed by atoms with E-state index in [0.29, 0.717) is 0 Å². The maximum absolute atomic E-state index is 4.50. The van der Waals surface area contributed by atoms with E-state index in [9.17, 15) is 0 Å². The van der Waals surface area contributed by atoms with Gasteiger partial charge in [0.25, 0.3) is 0 Å². The molecule has 0 rings (SSSR count). The van der Waals surface area contributed by atoms with Gasteiger partial charge < -0.3 is 5.73 Å². The molecule has 4 radical (unpaired) electrons. The van der Waals surface area contributed by atoms with Crippen molar-refractivity contribution in [2.24, 2.45) is 5.73 Å². The minimum absolute atomic E-state index is 0. The molecule has 5 heavy (non-hydrogen) atoms. The van der Waals surface area contributed by atoms with Gasteiger partial charge in [-0.25, -0.2) is 0 Å². The molecule has 0 atom stereocenters. The Morgan fingerprint density at radius 1 is 1.40 bits per heavy atom. The van der Waals surface area contributed by atoms with E-state index in [2.05, 4.69) is 18.4 Å². The van der Waals surface area contributed by atoms with E-state index in [1.165, 1.54) is 7.05 Å². The van der Waals surface area contributed by atoms with Gasteiger partial charge in [0.1, 0.15) is 0 Å². The second-order valence-corrected chi connectivity index (χ2v) is 0. The fourth-order valence-corrected chi connectivity index (χ4v) is 0. The Labute approximate surface area is 72.1 Å². The maximum Gasteiger partial charge on any atom is 0.00711 e. The van der Waals surface area contributed by atoms with Crippen LogP contribution in [0.4, 0.5) is 0 Å². The van der Waals surface area contributed by atoms with Crippen molar-refractivity contribution in [3.63, 3.8) is 0 Å². The quantitative estimate of drug-likeness (QED) is 0.436. The average Bonchev–Trinajstić information content (AvgIpc) is 1.50. The van der Waals surface area contributed by atoms with E-state index in [1.54, 1.807) is 0 Å². The number of nitrogens with two attached hydrogens (primary N) is 1. The molecular weight excluding hydrogens is 440 g/mol. The van der Waals surface area contributed by atoms with E-state index in [0.717, 1.165) is 0 Å². The van der Waals surface area contributed by atoms with Crippen molar-refractivity contribution in [2.75, 3.05) is 7.05 Å². The molecular formula is CH5BrINPb. The first kappa shape index (κ1) is 15.7. The summed E-state index contributed by atoms with van der Waals surface area (Å²) in [6.45, 7) is 0. The van der Waals surface area contributed by atoms with Crippen molar-refractivity contribution in [3.8, 4) is 0 Å². The topological polar surface area (TPSA) is 26.0 Å². The summed E-state index contributed by atoms with van der Waals surface area (Å²) in [5.41, 5.74) is 4.50. The van der Waals surface area contributed by atoms with Gasteiger partial charge in [-0.3, -0.25) is 0 Å². The number of hydrogen-bond donors (Lipinski definition) is 1. The zero-order valence-corrected chi connectivity index (χ0v) is 10.5. The van der Waals surface area contributed by atoms with Crippen molar-refractivity contribution in [2.45, 2.75) is 0 Å². The molecule has 2 N–H and O–H groups in total. The van der Waals surface area contributed by atoms with Crippen molar-refractivity contribution >= 4 is 60.4 Å². The minimum Gasteiger partial charge on any atom is -0.333 e. The van der Waals surface area contributed by atoms with E-state index < -0.39 is 0 Å². The second-order valence-electron chi connectivity index (χ2n) is 0. The van der Waals surface area contributed by atoms with Crippen molar-refractivity contribution in [1.82, 2.24) is 0 Å². The van der Waals surface area contributed by atoms with E-state index in [1.807, 2.05) is 20.4 Å². The summed E-state index contributed by atoms with van der Waals surface area (Å²) >= 11 is 4.87. The fraction of sp³-hybridized carbons (Fsp3) is 1.00. The van der Waals surface area contributed by atoms with Crippen LogP contribution >= 0.6 is 33.1 Å². The molecule has 0 unspecified atom stereocenters. The molecule has 0 aliphatic carbocycles. The standard InChI is InChI=1S/CH5N.BrI.Pb/c2*1-2;/h2H2,1H3;;. The molecule has 0 fully saturated rings. The van der Waals surface area contributed by atoms with Gasteiger partial charge in [0.05, 0.1) is 0 Å². The number of hydrogen-bond acceptors (Lipinski definition) is 1.